The van der Waals surface area contributed by atoms with Gasteiger partial charge in [0.05, 0.1) is 16.8 Å². The SMILES string of the molecule is Cc1cc(-c2cc3c(=O)cc[nH]c3nc2-c2ccc(C)[nH]2)cc(Cl)n1. The highest BCUT2D eigenvalue weighted by molar-refractivity contribution is 6.29. The molecule has 4 aromatic rings. The second-order valence-corrected chi connectivity index (χ2v) is 6.38. The molecular formula is C19H15ClN4O. The maximum atomic E-state index is 12.2. The van der Waals surface area contributed by atoms with Crippen LogP contribution in [0.2, 0.25) is 5.15 Å². The Morgan fingerprint density at radius 1 is 1.04 bits per heavy atom. The molecule has 6 heteroatoms. The lowest BCUT2D eigenvalue weighted by molar-refractivity contribution is 1.20. The van der Waals surface area contributed by atoms with Gasteiger partial charge < -0.3 is 9.97 Å². The number of rotatable bonds is 2. The van der Waals surface area contributed by atoms with Crippen LogP contribution in [0.4, 0.5) is 0 Å². The van der Waals surface area contributed by atoms with Gasteiger partial charge in [-0.2, -0.15) is 0 Å². The van der Waals surface area contributed by atoms with Crippen LogP contribution in [0.5, 0.6) is 0 Å². The summed E-state index contributed by atoms with van der Waals surface area (Å²) in [4.78, 5) is 27.5. The van der Waals surface area contributed by atoms with Crippen molar-refractivity contribution in [3.8, 4) is 22.5 Å². The van der Waals surface area contributed by atoms with Crippen LogP contribution in [0.3, 0.4) is 0 Å². The first-order chi connectivity index (χ1) is 12.0. The number of aromatic nitrogens is 4. The zero-order valence-corrected chi connectivity index (χ0v) is 14.5. The average molecular weight is 351 g/mol. The normalized spacial score (nSPS) is 11.2. The van der Waals surface area contributed by atoms with Crippen LogP contribution in [0, 0.1) is 13.8 Å². The number of aromatic amines is 2. The molecule has 25 heavy (non-hydrogen) atoms. The van der Waals surface area contributed by atoms with Crippen LogP contribution in [0.15, 0.2) is 47.4 Å². The predicted octanol–water partition coefficient (Wildman–Crippen LogP) is 4.25. The number of nitrogens with one attached hydrogen (secondary N) is 2. The summed E-state index contributed by atoms with van der Waals surface area (Å²) in [7, 11) is 0. The molecule has 0 aliphatic carbocycles. The molecule has 0 atom stereocenters. The zero-order chi connectivity index (χ0) is 17.6. The number of fused-ring (bicyclic) bond motifs is 1. The van der Waals surface area contributed by atoms with Gasteiger partial charge in [0.1, 0.15) is 10.8 Å². The summed E-state index contributed by atoms with van der Waals surface area (Å²) in [5.41, 5.74) is 5.65. The summed E-state index contributed by atoms with van der Waals surface area (Å²) >= 11 is 6.14. The predicted molar refractivity (Wildman–Crippen MR) is 99.9 cm³/mol. The second kappa shape index (κ2) is 5.86. The van der Waals surface area contributed by atoms with E-state index in [1.165, 1.54) is 6.07 Å². The van der Waals surface area contributed by atoms with Gasteiger partial charge in [-0.1, -0.05) is 11.6 Å². The van der Waals surface area contributed by atoms with Crippen LogP contribution in [0.1, 0.15) is 11.4 Å². The molecule has 124 valence electrons. The van der Waals surface area contributed by atoms with Crippen molar-refractivity contribution in [2.45, 2.75) is 13.8 Å². The van der Waals surface area contributed by atoms with Gasteiger partial charge in [0.15, 0.2) is 5.43 Å². The molecule has 0 fully saturated rings. The van der Waals surface area contributed by atoms with Crippen molar-refractivity contribution in [2.24, 2.45) is 0 Å². The highest BCUT2D eigenvalue weighted by Gasteiger charge is 2.15. The number of H-pyrrole nitrogens is 2. The van der Waals surface area contributed by atoms with Gasteiger partial charge >= 0.3 is 0 Å². The zero-order valence-electron chi connectivity index (χ0n) is 13.7. The first kappa shape index (κ1) is 15.6. The highest BCUT2D eigenvalue weighted by atomic mass is 35.5. The summed E-state index contributed by atoms with van der Waals surface area (Å²) in [6.07, 6.45) is 1.61. The largest absolute Gasteiger partial charge is 0.357 e. The maximum Gasteiger partial charge on any atom is 0.191 e. The van der Waals surface area contributed by atoms with Gasteiger partial charge in [0.2, 0.25) is 0 Å². The number of halogens is 1. The van der Waals surface area contributed by atoms with Crippen LogP contribution in [-0.4, -0.2) is 19.9 Å². The molecule has 4 aromatic heterocycles. The van der Waals surface area contributed by atoms with Crippen molar-refractivity contribution in [2.75, 3.05) is 0 Å². The summed E-state index contributed by atoms with van der Waals surface area (Å²) in [5, 5.41) is 0.945. The van der Waals surface area contributed by atoms with Gasteiger partial charge in [-0.3, -0.25) is 4.79 Å². The number of hydrogen-bond donors (Lipinski definition) is 2. The summed E-state index contributed by atoms with van der Waals surface area (Å²) in [5.74, 6) is 0. The van der Waals surface area contributed by atoms with Crippen molar-refractivity contribution in [3.05, 3.63) is 69.4 Å². The monoisotopic (exact) mass is 350 g/mol. The van der Waals surface area contributed by atoms with Crippen LogP contribution in [0.25, 0.3) is 33.5 Å². The van der Waals surface area contributed by atoms with E-state index >= 15 is 0 Å². The smallest absolute Gasteiger partial charge is 0.191 e. The molecule has 0 saturated heterocycles. The third-order valence-corrected chi connectivity index (χ3v) is 4.26. The minimum Gasteiger partial charge on any atom is -0.357 e. The Morgan fingerprint density at radius 3 is 2.60 bits per heavy atom. The Morgan fingerprint density at radius 2 is 1.88 bits per heavy atom. The average Bonchev–Trinajstić information content (AvgIpc) is 2.99. The molecule has 0 spiro atoms. The van der Waals surface area contributed by atoms with Crippen molar-refractivity contribution in [1.29, 1.82) is 0 Å². The maximum absolute atomic E-state index is 12.2. The van der Waals surface area contributed by atoms with E-state index in [0.717, 1.165) is 33.9 Å². The van der Waals surface area contributed by atoms with E-state index in [9.17, 15) is 4.79 Å². The highest BCUT2D eigenvalue weighted by Crippen LogP contribution is 2.33. The fourth-order valence-electron chi connectivity index (χ4n) is 2.95. The van der Waals surface area contributed by atoms with Crippen molar-refractivity contribution in [3.63, 3.8) is 0 Å². The molecule has 0 amide bonds. The first-order valence-corrected chi connectivity index (χ1v) is 8.22. The molecule has 0 bridgehead atoms. The van der Waals surface area contributed by atoms with E-state index in [0.29, 0.717) is 16.2 Å². The number of aryl methyl sites for hydroxylation is 2. The van der Waals surface area contributed by atoms with Gasteiger partial charge in [0.25, 0.3) is 0 Å². The molecule has 5 nitrogen and oxygen atoms in total. The lowest BCUT2D eigenvalue weighted by Crippen LogP contribution is -2.03. The quantitative estimate of drug-likeness (QED) is 0.531. The van der Waals surface area contributed by atoms with Crippen LogP contribution >= 0.6 is 11.6 Å². The molecule has 4 rings (SSSR count). The van der Waals surface area contributed by atoms with E-state index in [1.54, 1.807) is 12.3 Å². The van der Waals surface area contributed by atoms with Gasteiger partial charge in [-0.05, 0) is 49.7 Å². The summed E-state index contributed by atoms with van der Waals surface area (Å²) in [6.45, 7) is 3.87. The Kier molecular flexibility index (Phi) is 3.66. The van der Waals surface area contributed by atoms with Gasteiger partial charge in [-0.15, -0.1) is 0 Å². The van der Waals surface area contributed by atoms with Crippen LogP contribution < -0.4 is 5.43 Å². The minimum absolute atomic E-state index is 0.0754. The van der Waals surface area contributed by atoms with Crippen molar-refractivity contribution >= 4 is 22.6 Å². The Labute approximate surface area is 148 Å². The van der Waals surface area contributed by atoms with Crippen molar-refractivity contribution < 1.29 is 0 Å². The minimum atomic E-state index is -0.0754. The van der Waals surface area contributed by atoms with E-state index in [1.807, 2.05) is 38.1 Å². The topological polar surface area (TPSA) is 74.4 Å². The number of hydrogen-bond acceptors (Lipinski definition) is 3. The molecular weight excluding hydrogens is 336 g/mol. The van der Waals surface area contributed by atoms with E-state index in [-0.39, 0.29) is 5.43 Å². The molecule has 0 saturated carbocycles. The first-order valence-electron chi connectivity index (χ1n) is 7.84. The third kappa shape index (κ3) is 2.83. The van der Waals surface area contributed by atoms with Gasteiger partial charge in [0, 0.05) is 29.2 Å². The van der Waals surface area contributed by atoms with Gasteiger partial charge in [-0.25, -0.2) is 9.97 Å². The molecule has 2 N–H and O–H groups in total. The molecule has 0 aliphatic heterocycles. The van der Waals surface area contributed by atoms with Crippen LogP contribution in [-0.2, 0) is 0 Å². The Bertz CT molecular complexity index is 1140. The molecule has 0 aromatic carbocycles. The number of nitrogens with zero attached hydrogens (tertiary/aromatic N) is 2. The number of pyridine rings is 3. The summed E-state index contributed by atoms with van der Waals surface area (Å²) in [6, 6.07) is 11.0. The Balaban J connectivity index is 2.09. The van der Waals surface area contributed by atoms with E-state index in [2.05, 4.69) is 15.0 Å². The molecule has 0 unspecified atom stereocenters. The summed E-state index contributed by atoms with van der Waals surface area (Å²) < 4.78 is 0. The standard InChI is InChI=1S/C19H15ClN4O/c1-10-3-4-15(22-10)18-13(12-7-11(2)23-17(20)8-12)9-14-16(25)5-6-21-19(14)24-18/h3-9,22H,1-2H3,(H,21,24,25). The fourth-order valence-corrected chi connectivity index (χ4v) is 3.20. The molecule has 0 radical (unpaired) electrons. The second-order valence-electron chi connectivity index (χ2n) is 6.00. The van der Waals surface area contributed by atoms with E-state index < -0.39 is 0 Å². The third-order valence-electron chi connectivity index (χ3n) is 4.06. The van der Waals surface area contributed by atoms with E-state index in [4.69, 9.17) is 16.6 Å². The lowest BCUT2D eigenvalue weighted by atomic mass is 10.0. The fraction of sp³-hybridized carbons (Fsp3) is 0.105. The molecule has 4 heterocycles. The Hall–Kier alpha value is -2.92. The molecule has 0 aliphatic rings. The lowest BCUT2D eigenvalue weighted by Gasteiger charge is -2.11. The van der Waals surface area contributed by atoms with Crippen molar-refractivity contribution in [1.82, 2.24) is 19.9 Å².